The molecule has 1 aliphatic rings. The van der Waals surface area contributed by atoms with Crippen molar-refractivity contribution in [1.29, 1.82) is 0 Å². The Balaban J connectivity index is 2.27. The second-order valence-corrected chi connectivity index (χ2v) is 5.02. The van der Waals surface area contributed by atoms with Gasteiger partial charge in [0.15, 0.2) is 0 Å². The normalized spacial score (nSPS) is 21.2. The lowest BCUT2D eigenvalue weighted by Crippen LogP contribution is -2.38. The van der Waals surface area contributed by atoms with E-state index in [1.165, 1.54) is 5.69 Å². The Labute approximate surface area is 113 Å². The van der Waals surface area contributed by atoms with Crippen molar-refractivity contribution in [2.24, 2.45) is 0 Å². The second kappa shape index (κ2) is 5.91. The Hall–Kier alpha value is -0.780. The summed E-state index contributed by atoms with van der Waals surface area (Å²) < 4.78 is 6.50. The van der Waals surface area contributed by atoms with E-state index in [9.17, 15) is 0 Å². The lowest BCUT2D eigenvalue weighted by atomic mass is 10.2. The number of aromatic amines is 1. The lowest BCUT2D eigenvalue weighted by Gasteiger charge is -2.31. The van der Waals surface area contributed by atoms with Crippen molar-refractivity contribution in [1.82, 2.24) is 14.9 Å². The minimum absolute atomic E-state index is 0.0197. The Morgan fingerprint density at radius 2 is 2.28 bits per heavy atom. The average molecular weight is 267 g/mol. The first-order valence-corrected chi connectivity index (χ1v) is 7.00. The van der Waals surface area contributed by atoms with Gasteiger partial charge in [0.25, 0.3) is 0 Å². The maximum Gasteiger partial charge on any atom is 0.138 e. The van der Waals surface area contributed by atoms with Crippen LogP contribution in [0.25, 0.3) is 0 Å². The third-order valence-electron chi connectivity index (χ3n) is 3.53. The van der Waals surface area contributed by atoms with Gasteiger partial charge in [-0.1, -0.05) is 26.1 Å². The Kier molecular flexibility index (Phi) is 4.48. The van der Waals surface area contributed by atoms with Crippen LogP contribution >= 0.6 is 12.2 Å². The number of aryl methyl sites for hydroxylation is 1. The summed E-state index contributed by atoms with van der Waals surface area (Å²) in [4.78, 5) is 10.2. The molecule has 100 valence electrons. The first-order chi connectivity index (χ1) is 8.65. The van der Waals surface area contributed by atoms with Crippen LogP contribution in [0.5, 0.6) is 0 Å². The summed E-state index contributed by atoms with van der Waals surface area (Å²) in [6.45, 7) is 10.0. The minimum atomic E-state index is 0.0197. The van der Waals surface area contributed by atoms with Crippen LogP contribution in [0.15, 0.2) is 0 Å². The topological polar surface area (TPSA) is 41.2 Å². The van der Waals surface area contributed by atoms with Crippen molar-refractivity contribution < 1.29 is 4.74 Å². The van der Waals surface area contributed by atoms with Crippen LogP contribution in [0.4, 0.5) is 0 Å². The molecule has 0 aliphatic carbocycles. The Morgan fingerprint density at radius 1 is 1.50 bits per heavy atom. The standard InChI is InChI=1S/C13H21N3OS/c1-4-10-9(3)13(18)15-12(14-10)11-8-16(5-2)6-7-17-11/h11H,4-8H2,1-3H3,(H,14,15,18). The number of H-pyrrole nitrogens is 1. The molecule has 2 heterocycles. The van der Waals surface area contributed by atoms with Crippen molar-refractivity contribution >= 4 is 12.2 Å². The fraction of sp³-hybridized carbons (Fsp3) is 0.692. The van der Waals surface area contributed by atoms with Crippen molar-refractivity contribution in [3.63, 3.8) is 0 Å². The molecular weight excluding hydrogens is 246 g/mol. The summed E-state index contributed by atoms with van der Waals surface area (Å²) in [6.07, 6.45) is 0.959. The molecule has 0 aromatic carbocycles. The van der Waals surface area contributed by atoms with E-state index in [0.717, 1.165) is 44.0 Å². The highest BCUT2D eigenvalue weighted by molar-refractivity contribution is 7.71. The van der Waals surface area contributed by atoms with E-state index in [1.807, 2.05) is 6.92 Å². The third kappa shape index (κ3) is 2.79. The number of aromatic nitrogens is 2. The van der Waals surface area contributed by atoms with Gasteiger partial charge in [-0.2, -0.15) is 0 Å². The number of hydrogen-bond acceptors (Lipinski definition) is 4. The number of likely N-dealkylation sites (N-methyl/N-ethyl adjacent to an activating group) is 1. The van der Waals surface area contributed by atoms with Crippen LogP contribution in [-0.4, -0.2) is 41.1 Å². The molecule has 1 aromatic heterocycles. The summed E-state index contributed by atoms with van der Waals surface area (Å²) >= 11 is 5.32. The SMILES string of the molecule is CCc1[nH]c(C2CN(CC)CCO2)nc(=S)c1C. The summed E-state index contributed by atoms with van der Waals surface area (Å²) in [5.41, 5.74) is 2.25. The first kappa shape index (κ1) is 13.6. The molecule has 1 saturated heterocycles. The number of morpholine rings is 1. The molecule has 1 unspecified atom stereocenters. The van der Waals surface area contributed by atoms with Crippen molar-refractivity contribution in [3.05, 3.63) is 21.7 Å². The van der Waals surface area contributed by atoms with Gasteiger partial charge in [0.1, 0.15) is 16.6 Å². The average Bonchev–Trinajstić information content (AvgIpc) is 2.41. The number of ether oxygens (including phenoxy) is 1. The smallest absolute Gasteiger partial charge is 0.138 e. The summed E-state index contributed by atoms with van der Waals surface area (Å²) in [5, 5.41) is 0. The molecule has 18 heavy (non-hydrogen) atoms. The highest BCUT2D eigenvalue weighted by Crippen LogP contribution is 2.20. The molecule has 4 nitrogen and oxygen atoms in total. The highest BCUT2D eigenvalue weighted by atomic mass is 32.1. The van der Waals surface area contributed by atoms with Crippen LogP contribution in [0.3, 0.4) is 0 Å². The fourth-order valence-electron chi connectivity index (χ4n) is 2.26. The van der Waals surface area contributed by atoms with Gasteiger partial charge >= 0.3 is 0 Å². The van der Waals surface area contributed by atoms with Gasteiger partial charge < -0.3 is 9.72 Å². The number of nitrogens with one attached hydrogen (secondary N) is 1. The van der Waals surface area contributed by atoms with E-state index in [-0.39, 0.29) is 6.10 Å². The molecule has 1 fully saturated rings. The van der Waals surface area contributed by atoms with Crippen LogP contribution in [0.1, 0.15) is 37.0 Å². The summed E-state index contributed by atoms with van der Waals surface area (Å²) in [7, 11) is 0. The van der Waals surface area contributed by atoms with E-state index < -0.39 is 0 Å². The van der Waals surface area contributed by atoms with Gasteiger partial charge in [0, 0.05) is 24.3 Å². The molecule has 0 spiro atoms. The first-order valence-electron chi connectivity index (χ1n) is 6.59. The van der Waals surface area contributed by atoms with Crippen molar-refractivity contribution in [3.8, 4) is 0 Å². The minimum Gasteiger partial charge on any atom is -0.368 e. The number of hydrogen-bond donors (Lipinski definition) is 1. The number of rotatable bonds is 3. The van der Waals surface area contributed by atoms with E-state index in [1.54, 1.807) is 0 Å². The van der Waals surface area contributed by atoms with Crippen LogP contribution in [0.2, 0.25) is 0 Å². The van der Waals surface area contributed by atoms with E-state index in [2.05, 4.69) is 28.7 Å². The molecule has 0 radical (unpaired) electrons. The predicted molar refractivity (Wildman–Crippen MR) is 74.3 cm³/mol. The van der Waals surface area contributed by atoms with Gasteiger partial charge in [-0.3, -0.25) is 4.90 Å². The molecule has 0 bridgehead atoms. The summed E-state index contributed by atoms with van der Waals surface area (Å²) in [6, 6.07) is 0. The molecule has 1 N–H and O–H groups in total. The van der Waals surface area contributed by atoms with Crippen LogP contribution in [-0.2, 0) is 11.2 Å². The summed E-state index contributed by atoms with van der Waals surface area (Å²) in [5.74, 6) is 0.876. The van der Waals surface area contributed by atoms with Crippen molar-refractivity contribution in [2.45, 2.75) is 33.3 Å². The predicted octanol–water partition coefficient (Wildman–Crippen LogP) is 2.40. The Morgan fingerprint density at radius 3 is 2.94 bits per heavy atom. The monoisotopic (exact) mass is 267 g/mol. The van der Waals surface area contributed by atoms with Gasteiger partial charge in [0.2, 0.25) is 0 Å². The molecule has 1 aliphatic heterocycles. The molecule has 1 aromatic rings. The van der Waals surface area contributed by atoms with E-state index in [0.29, 0.717) is 4.64 Å². The zero-order valence-corrected chi connectivity index (χ0v) is 12.1. The van der Waals surface area contributed by atoms with Crippen LogP contribution < -0.4 is 0 Å². The third-order valence-corrected chi connectivity index (χ3v) is 3.93. The second-order valence-electron chi connectivity index (χ2n) is 4.64. The van der Waals surface area contributed by atoms with Crippen LogP contribution in [0, 0.1) is 11.6 Å². The van der Waals surface area contributed by atoms with Crippen molar-refractivity contribution in [2.75, 3.05) is 26.2 Å². The van der Waals surface area contributed by atoms with Gasteiger partial charge in [-0.25, -0.2) is 4.98 Å². The molecule has 2 rings (SSSR count). The zero-order valence-electron chi connectivity index (χ0n) is 11.3. The zero-order chi connectivity index (χ0) is 13.1. The van der Waals surface area contributed by atoms with E-state index >= 15 is 0 Å². The largest absolute Gasteiger partial charge is 0.368 e. The van der Waals surface area contributed by atoms with Gasteiger partial charge in [0.05, 0.1) is 6.61 Å². The molecule has 5 heteroatoms. The lowest BCUT2D eigenvalue weighted by molar-refractivity contribution is -0.0327. The quantitative estimate of drug-likeness (QED) is 0.854. The Bertz CT molecular complexity index is 472. The fourth-order valence-corrected chi connectivity index (χ4v) is 2.48. The highest BCUT2D eigenvalue weighted by Gasteiger charge is 2.23. The molecule has 1 atom stereocenters. The molecular formula is C13H21N3OS. The van der Waals surface area contributed by atoms with E-state index in [4.69, 9.17) is 17.0 Å². The van der Waals surface area contributed by atoms with Gasteiger partial charge in [-0.15, -0.1) is 0 Å². The number of nitrogens with zero attached hydrogens (tertiary/aromatic N) is 2. The maximum atomic E-state index is 5.81. The molecule has 0 saturated carbocycles. The maximum absolute atomic E-state index is 5.81. The van der Waals surface area contributed by atoms with Gasteiger partial charge in [-0.05, 0) is 19.9 Å². The molecule has 0 amide bonds.